The number of aromatic nitrogens is 2. The van der Waals surface area contributed by atoms with Gasteiger partial charge in [-0.25, -0.2) is 0 Å². The van der Waals surface area contributed by atoms with Gasteiger partial charge < -0.3 is 5.11 Å². The number of hydrogen-bond acceptors (Lipinski definition) is 2. The minimum absolute atomic E-state index is 0.176. The summed E-state index contributed by atoms with van der Waals surface area (Å²) in [6, 6.07) is 8.42. The molecule has 0 aliphatic rings. The van der Waals surface area contributed by atoms with E-state index in [1.807, 2.05) is 0 Å². The number of aliphatic hydroxyl groups is 1. The van der Waals surface area contributed by atoms with Crippen molar-refractivity contribution in [2.45, 2.75) is 12.3 Å². The highest BCUT2D eigenvalue weighted by molar-refractivity contribution is 5.63. The fourth-order valence-corrected chi connectivity index (χ4v) is 1.52. The summed E-state index contributed by atoms with van der Waals surface area (Å²) in [5, 5.41) is 15.2. The summed E-state index contributed by atoms with van der Waals surface area (Å²) in [6.45, 7) is 0. The summed E-state index contributed by atoms with van der Waals surface area (Å²) in [6.07, 6.45) is -6.25. The smallest absolute Gasteiger partial charge is 0.379 e. The molecular weight excluding hydrogens is 233 g/mol. The van der Waals surface area contributed by atoms with Gasteiger partial charge in [-0.15, -0.1) is 0 Å². The highest BCUT2D eigenvalue weighted by Gasteiger charge is 2.41. The Bertz CT molecular complexity index is 493. The lowest BCUT2D eigenvalue weighted by molar-refractivity contribution is -0.206. The Morgan fingerprint density at radius 1 is 1.18 bits per heavy atom. The summed E-state index contributed by atoms with van der Waals surface area (Å²) in [4.78, 5) is 0. The van der Waals surface area contributed by atoms with Crippen LogP contribution in [0.3, 0.4) is 0 Å². The van der Waals surface area contributed by atoms with Gasteiger partial charge in [0.1, 0.15) is 0 Å². The highest BCUT2D eigenvalue weighted by Crippen LogP contribution is 2.36. The van der Waals surface area contributed by atoms with Crippen LogP contribution >= 0.6 is 0 Å². The minimum atomic E-state index is -4.70. The van der Waals surface area contributed by atoms with Gasteiger partial charge in [-0.2, -0.15) is 18.3 Å². The van der Waals surface area contributed by atoms with E-state index >= 15 is 0 Å². The van der Waals surface area contributed by atoms with Crippen LogP contribution in [0.25, 0.3) is 11.3 Å². The predicted molar refractivity (Wildman–Crippen MR) is 55.0 cm³/mol. The molecule has 0 saturated heterocycles. The maximum Gasteiger partial charge on any atom is 0.418 e. The van der Waals surface area contributed by atoms with E-state index in [1.54, 1.807) is 30.3 Å². The normalized spacial score (nSPS) is 13.6. The lowest BCUT2D eigenvalue weighted by Gasteiger charge is -2.14. The topological polar surface area (TPSA) is 48.9 Å². The van der Waals surface area contributed by atoms with Gasteiger partial charge in [-0.1, -0.05) is 30.3 Å². The van der Waals surface area contributed by atoms with E-state index in [0.29, 0.717) is 5.56 Å². The molecule has 2 N–H and O–H groups in total. The molecule has 6 heteroatoms. The van der Waals surface area contributed by atoms with Crippen LogP contribution in [0.1, 0.15) is 11.7 Å². The van der Waals surface area contributed by atoms with Gasteiger partial charge in [0.2, 0.25) is 0 Å². The molecule has 1 aromatic heterocycles. The van der Waals surface area contributed by atoms with E-state index in [1.165, 1.54) is 0 Å². The molecule has 1 aromatic carbocycles. The second kappa shape index (κ2) is 4.21. The molecule has 2 aromatic rings. The molecule has 0 spiro atoms. The van der Waals surface area contributed by atoms with Crippen molar-refractivity contribution in [3.63, 3.8) is 0 Å². The van der Waals surface area contributed by atoms with Crippen molar-refractivity contribution < 1.29 is 18.3 Å². The van der Waals surface area contributed by atoms with Crippen molar-refractivity contribution >= 4 is 0 Å². The van der Waals surface area contributed by atoms with Crippen molar-refractivity contribution in [3.05, 3.63) is 42.1 Å². The lowest BCUT2D eigenvalue weighted by Crippen LogP contribution is -2.20. The predicted octanol–water partition coefficient (Wildman–Crippen LogP) is 2.67. The van der Waals surface area contributed by atoms with Crippen LogP contribution in [-0.4, -0.2) is 21.5 Å². The first-order chi connectivity index (χ1) is 8.00. The summed E-state index contributed by atoms with van der Waals surface area (Å²) in [5.41, 5.74) is 0.447. The number of benzene rings is 1. The zero-order valence-electron chi connectivity index (χ0n) is 8.57. The molecule has 0 aliphatic carbocycles. The van der Waals surface area contributed by atoms with E-state index in [4.69, 9.17) is 0 Å². The molecule has 0 bridgehead atoms. The molecule has 0 unspecified atom stereocenters. The van der Waals surface area contributed by atoms with Crippen LogP contribution in [0.15, 0.2) is 36.5 Å². The maximum atomic E-state index is 12.4. The van der Waals surface area contributed by atoms with Gasteiger partial charge in [0.15, 0.2) is 6.10 Å². The fraction of sp³-hybridized carbons (Fsp3) is 0.182. The Labute approximate surface area is 94.9 Å². The molecule has 1 atom stereocenters. The Hall–Kier alpha value is -1.82. The fourth-order valence-electron chi connectivity index (χ4n) is 1.52. The summed E-state index contributed by atoms with van der Waals surface area (Å²) >= 11 is 0. The third kappa shape index (κ3) is 2.31. The van der Waals surface area contributed by atoms with Crippen LogP contribution in [0, 0.1) is 0 Å². The lowest BCUT2D eigenvalue weighted by atomic mass is 10.0. The van der Waals surface area contributed by atoms with E-state index in [9.17, 15) is 18.3 Å². The van der Waals surface area contributed by atoms with Crippen LogP contribution in [-0.2, 0) is 0 Å². The number of halogens is 3. The van der Waals surface area contributed by atoms with E-state index in [-0.39, 0.29) is 11.3 Å². The summed E-state index contributed by atoms with van der Waals surface area (Å²) in [5.74, 6) is 0. The second-order valence-electron chi connectivity index (χ2n) is 3.51. The molecule has 0 radical (unpaired) electrons. The third-order valence-electron chi connectivity index (χ3n) is 2.34. The summed E-state index contributed by atoms with van der Waals surface area (Å²) < 4.78 is 37.2. The first-order valence-electron chi connectivity index (χ1n) is 4.83. The van der Waals surface area contributed by atoms with Gasteiger partial charge in [0.25, 0.3) is 0 Å². The number of H-pyrrole nitrogens is 1. The standard InChI is InChI=1S/C11H9F3N2O/c12-11(13,14)10(17)8-6-15-16-9(8)7-4-2-1-3-5-7/h1-6,10,17H,(H,15,16)/t10-/m1/s1. The number of alkyl halides is 3. The molecule has 0 aliphatic heterocycles. The van der Waals surface area contributed by atoms with Gasteiger partial charge in [0.05, 0.1) is 11.9 Å². The molecule has 2 rings (SSSR count). The molecule has 0 saturated carbocycles. The maximum absolute atomic E-state index is 12.4. The second-order valence-corrected chi connectivity index (χ2v) is 3.51. The van der Waals surface area contributed by atoms with Crippen molar-refractivity contribution in [3.8, 4) is 11.3 Å². The minimum Gasteiger partial charge on any atom is -0.379 e. The van der Waals surface area contributed by atoms with E-state index < -0.39 is 12.3 Å². The molecule has 1 heterocycles. The molecule has 0 fully saturated rings. The van der Waals surface area contributed by atoms with Gasteiger partial charge in [0, 0.05) is 5.56 Å². The van der Waals surface area contributed by atoms with Crippen molar-refractivity contribution in [1.29, 1.82) is 0 Å². The van der Waals surface area contributed by atoms with Gasteiger partial charge in [-0.05, 0) is 5.56 Å². The Morgan fingerprint density at radius 2 is 1.82 bits per heavy atom. The molecule has 0 amide bonds. The number of hydrogen-bond donors (Lipinski definition) is 2. The monoisotopic (exact) mass is 242 g/mol. The van der Waals surface area contributed by atoms with Crippen LogP contribution < -0.4 is 0 Å². The average molecular weight is 242 g/mol. The SMILES string of the molecule is O[C@H](c1cn[nH]c1-c1ccccc1)C(F)(F)F. The molecule has 90 valence electrons. The molecule has 3 nitrogen and oxygen atoms in total. The molecule has 17 heavy (non-hydrogen) atoms. The number of nitrogens with zero attached hydrogens (tertiary/aromatic N) is 1. The highest BCUT2D eigenvalue weighted by atomic mass is 19.4. The zero-order chi connectivity index (χ0) is 12.5. The average Bonchev–Trinajstić information content (AvgIpc) is 2.76. The largest absolute Gasteiger partial charge is 0.418 e. The van der Waals surface area contributed by atoms with Gasteiger partial charge in [-0.3, -0.25) is 5.10 Å². The van der Waals surface area contributed by atoms with Crippen LogP contribution in [0.4, 0.5) is 13.2 Å². The van der Waals surface area contributed by atoms with E-state index in [2.05, 4.69) is 10.2 Å². The quantitative estimate of drug-likeness (QED) is 0.850. The number of rotatable bonds is 2. The van der Waals surface area contributed by atoms with Crippen molar-refractivity contribution in [2.24, 2.45) is 0 Å². The number of aliphatic hydroxyl groups excluding tert-OH is 1. The Kier molecular flexibility index (Phi) is 2.89. The molecular formula is C11H9F3N2O. The van der Waals surface area contributed by atoms with Crippen molar-refractivity contribution in [1.82, 2.24) is 10.2 Å². The first kappa shape index (κ1) is 11.7. The van der Waals surface area contributed by atoms with Crippen molar-refractivity contribution in [2.75, 3.05) is 0 Å². The van der Waals surface area contributed by atoms with Gasteiger partial charge >= 0.3 is 6.18 Å². The van der Waals surface area contributed by atoms with E-state index in [0.717, 1.165) is 6.20 Å². The number of aromatic amines is 1. The van der Waals surface area contributed by atoms with Crippen LogP contribution in [0.2, 0.25) is 0 Å². The first-order valence-corrected chi connectivity index (χ1v) is 4.83. The Balaban J connectivity index is 2.43. The van der Waals surface area contributed by atoms with Crippen LogP contribution in [0.5, 0.6) is 0 Å². The number of nitrogens with one attached hydrogen (secondary N) is 1. The zero-order valence-corrected chi connectivity index (χ0v) is 8.57. The summed E-state index contributed by atoms with van der Waals surface area (Å²) in [7, 11) is 0. The third-order valence-corrected chi connectivity index (χ3v) is 2.34. The Morgan fingerprint density at radius 3 is 2.41 bits per heavy atom.